The number of hydrogen-bond donors (Lipinski definition) is 2. The van der Waals surface area contributed by atoms with Gasteiger partial charge in [0, 0.05) is 29.8 Å². The maximum absolute atomic E-state index is 4.71. The van der Waals surface area contributed by atoms with Gasteiger partial charge in [0.15, 0.2) is 5.96 Å². The van der Waals surface area contributed by atoms with Gasteiger partial charge in [-0.1, -0.05) is 25.1 Å². The molecule has 0 aliphatic heterocycles. The number of nitrogens with one attached hydrogen (secondary N) is 2. The van der Waals surface area contributed by atoms with E-state index < -0.39 is 0 Å². The summed E-state index contributed by atoms with van der Waals surface area (Å²) in [4.78, 5) is 5.99. The van der Waals surface area contributed by atoms with Crippen molar-refractivity contribution < 1.29 is 0 Å². The highest BCUT2D eigenvalue weighted by molar-refractivity contribution is 8.00. The van der Waals surface area contributed by atoms with E-state index in [1.165, 1.54) is 4.90 Å². The lowest BCUT2D eigenvalue weighted by molar-refractivity contribution is 0.598. The molecule has 1 aromatic carbocycles. The largest absolute Gasteiger partial charge is 0.357 e. The number of aliphatic imine (C=N–C) groups is 1. The zero-order valence-corrected chi connectivity index (χ0v) is 15.9. The van der Waals surface area contributed by atoms with Gasteiger partial charge in [-0.05, 0) is 31.9 Å². The fourth-order valence-electron chi connectivity index (χ4n) is 2.29. The van der Waals surface area contributed by atoms with Crippen LogP contribution in [0, 0.1) is 0 Å². The number of thioether (sulfide) groups is 1. The van der Waals surface area contributed by atoms with Crippen LogP contribution < -0.4 is 10.6 Å². The van der Waals surface area contributed by atoms with E-state index in [0.29, 0.717) is 5.25 Å². The standard InChI is InChI=1S/C18H28N6S/c1-3-19-18(20-11-7-8-12-24-14-22-23-15-24)21-13-16(2)25-17-9-5-4-6-10-17/h4-6,9-10,14-16H,3,7-8,11-13H2,1-2H3,(H2,19,20,21). The van der Waals surface area contributed by atoms with E-state index in [4.69, 9.17) is 4.99 Å². The van der Waals surface area contributed by atoms with Crippen molar-refractivity contribution in [2.75, 3.05) is 19.6 Å². The maximum Gasteiger partial charge on any atom is 0.191 e. The molecule has 136 valence electrons. The Morgan fingerprint density at radius 1 is 1.16 bits per heavy atom. The molecular formula is C18H28N6S. The fourth-order valence-corrected chi connectivity index (χ4v) is 3.22. The van der Waals surface area contributed by atoms with Crippen molar-refractivity contribution in [3.8, 4) is 0 Å². The first-order valence-corrected chi connectivity index (χ1v) is 9.72. The average Bonchev–Trinajstić information content (AvgIpc) is 3.13. The number of nitrogens with zero attached hydrogens (tertiary/aromatic N) is 4. The van der Waals surface area contributed by atoms with Crippen LogP contribution in [0.15, 0.2) is 52.9 Å². The summed E-state index contributed by atoms with van der Waals surface area (Å²) in [5.74, 6) is 0.896. The minimum atomic E-state index is 0.437. The van der Waals surface area contributed by atoms with Crippen LogP contribution in [-0.4, -0.2) is 45.6 Å². The van der Waals surface area contributed by atoms with Crippen LogP contribution in [0.5, 0.6) is 0 Å². The molecule has 1 unspecified atom stereocenters. The molecule has 0 amide bonds. The Hall–Kier alpha value is -2.02. The molecule has 0 saturated heterocycles. The van der Waals surface area contributed by atoms with Crippen LogP contribution in [0.2, 0.25) is 0 Å². The van der Waals surface area contributed by atoms with Crippen molar-refractivity contribution in [2.45, 2.75) is 43.4 Å². The molecular weight excluding hydrogens is 332 g/mol. The van der Waals surface area contributed by atoms with Crippen LogP contribution in [0.1, 0.15) is 26.7 Å². The van der Waals surface area contributed by atoms with Gasteiger partial charge in [0.2, 0.25) is 0 Å². The first-order chi connectivity index (χ1) is 12.3. The van der Waals surface area contributed by atoms with Gasteiger partial charge in [0.25, 0.3) is 0 Å². The quantitative estimate of drug-likeness (QED) is 0.295. The Kier molecular flexibility index (Phi) is 8.90. The number of aryl methyl sites for hydroxylation is 1. The third-order valence-corrected chi connectivity index (χ3v) is 4.63. The number of aromatic nitrogens is 3. The summed E-state index contributed by atoms with van der Waals surface area (Å²) in [7, 11) is 0. The predicted molar refractivity (Wildman–Crippen MR) is 105 cm³/mol. The molecule has 0 saturated carbocycles. The van der Waals surface area contributed by atoms with Crippen molar-refractivity contribution >= 4 is 17.7 Å². The summed E-state index contributed by atoms with van der Waals surface area (Å²) in [5.41, 5.74) is 0. The second-order valence-electron chi connectivity index (χ2n) is 5.79. The Balaban J connectivity index is 1.68. The van der Waals surface area contributed by atoms with Crippen LogP contribution in [0.25, 0.3) is 0 Å². The Morgan fingerprint density at radius 2 is 1.92 bits per heavy atom. The van der Waals surface area contributed by atoms with E-state index in [1.54, 1.807) is 12.7 Å². The summed E-state index contributed by atoms with van der Waals surface area (Å²) in [6.07, 6.45) is 5.68. The van der Waals surface area contributed by atoms with Crippen molar-refractivity contribution in [2.24, 2.45) is 4.99 Å². The SMILES string of the molecule is CCNC(=NCC(C)Sc1ccccc1)NCCCCn1cnnc1. The molecule has 0 bridgehead atoms. The minimum Gasteiger partial charge on any atom is -0.357 e. The Labute approximate surface area is 154 Å². The topological polar surface area (TPSA) is 67.1 Å². The molecule has 0 radical (unpaired) electrons. The predicted octanol–water partition coefficient (Wildman–Crippen LogP) is 2.79. The monoisotopic (exact) mass is 360 g/mol. The highest BCUT2D eigenvalue weighted by Crippen LogP contribution is 2.22. The van der Waals surface area contributed by atoms with Gasteiger partial charge < -0.3 is 15.2 Å². The van der Waals surface area contributed by atoms with Crippen molar-refractivity contribution in [3.63, 3.8) is 0 Å². The van der Waals surface area contributed by atoms with Gasteiger partial charge in [-0.3, -0.25) is 4.99 Å². The van der Waals surface area contributed by atoms with Gasteiger partial charge in [-0.15, -0.1) is 22.0 Å². The fraction of sp³-hybridized carbons (Fsp3) is 0.500. The Bertz CT molecular complexity index is 599. The zero-order chi connectivity index (χ0) is 17.7. The third-order valence-electron chi connectivity index (χ3n) is 3.53. The minimum absolute atomic E-state index is 0.437. The zero-order valence-electron chi connectivity index (χ0n) is 15.1. The summed E-state index contributed by atoms with van der Waals surface area (Å²) in [6, 6.07) is 10.5. The lowest BCUT2D eigenvalue weighted by Gasteiger charge is -2.13. The van der Waals surface area contributed by atoms with Crippen LogP contribution in [0.4, 0.5) is 0 Å². The van der Waals surface area contributed by atoms with Gasteiger partial charge >= 0.3 is 0 Å². The first kappa shape index (κ1) is 19.3. The van der Waals surface area contributed by atoms with Gasteiger partial charge in [-0.25, -0.2) is 0 Å². The number of benzene rings is 1. The van der Waals surface area contributed by atoms with Crippen LogP contribution in [-0.2, 0) is 6.54 Å². The lowest BCUT2D eigenvalue weighted by atomic mass is 10.3. The average molecular weight is 361 g/mol. The maximum atomic E-state index is 4.71. The van der Waals surface area contributed by atoms with E-state index in [0.717, 1.165) is 45.0 Å². The van der Waals surface area contributed by atoms with E-state index >= 15 is 0 Å². The van der Waals surface area contributed by atoms with Gasteiger partial charge in [0.1, 0.15) is 12.7 Å². The summed E-state index contributed by atoms with van der Waals surface area (Å²) in [5, 5.41) is 14.8. The highest BCUT2D eigenvalue weighted by Gasteiger charge is 2.04. The molecule has 1 aromatic heterocycles. The van der Waals surface area contributed by atoms with Gasteiger partial charge in [-0.2, -0.15) is 0 Å². The molecule has 1 heterocycles. The molecule has 1 atom stereocenters. The molecule has 2 N–H and O–H groups in total. The molecule has 0 spiro atoms. The Morgan fingerprint density at radius 3 is 2.64 bits per heavy atom. The molecule has 0 aliphatic rings. The normalized spacial score (nSPS) is 12.8. The smallest absolute Gasteiger partial charge is 0.191 e. The highest BCUT2D eigenvalue weighted by atomic mass is 32.2. The first-order valence-electron chi connectivity index (χ1n) is 8.84. The summed E-state index contributed by atoms with van der Waals surface area (Å²) < 4.78 is 2.00. The number of rotatable bonds is 10. The third kappa shape index (κ3) is 8.07. The second kappa shape index (κ2) is 11.5. The molecule has 6 nitrogen and oxygen atoms in total. The molecule has 7 heteroatoms. The molecule has 25 heavy (non-hydrogen) atoms. The summed E-state index contributed by atoms with van der Waals surface area (Å²) in [6.45, 7) is 7.82. The van der Waals surface area contributed by atoms with Crippen molar-refractivity contribution in [1.29, 1.82) is 0 Å². The molecule has 0 aliphatic carbocycles. The van der Waals surface area contributed by atoms with E-state index in [-0.39, 0.29) is 0 Å². The summed E-state index contributed by atoms with van der Waals surface area (Å²) >= 11 is 1.86. The van der Waals surface area contributed by atoms with Gasteiger partial charge in [0.05, 0.1) is 6.54 Å². The van der Waals surface area contributed by atoms with Crippen LogP contribution >= 0.6 is 11.8 Å². The number of unbranched alkanes of at least 4 members (excludes halogenated alkanes) is 1. The molecule has 2 aromatic rings. The van der Waals surface area contributed by atoms with E-state index in [2.05, 4.69) is 58.9 Å². The van der Waals surface area contributed by atoms with E-state index in [9.17, 15) is 0 Å². The number of hydrogen-bond acceptors (Lipinski definition) is 4. The number of guanidine groups is 1. The van der Waals surface area contributed by atoms with Crippen molar-refractivity contribution in [3.05, 3.63) is 43.0 Å². The molecule has 2 rings (SSSR count). The lowest BCUT2D eigenvalue weighted by Crippen LogP contribution is -2.38. The second-order valence-corrected chi connectivity index (χ2v) is 7.31. The van der Waals surface area contributed by atoms with E-state index in [1.807, 2.05) is 22.4 Å². The van der Waals surface area contributed by atoms with Crippen LogP contribution in [0.3, 0.4) is 0 Å². The molecule has 0 fully saturated rings. The van der Waals surface area contributed by atoms with Crippen molar-refractivity contribution in [1.82, 2.24) is 25.4 Å².